The molecule has 2 rings (SSSR count). The smallest absolute Gasteiger partial charge is 0.357 e. The number of nitrogens with one attached hydrogen (secondary N) is 1. The van der Waals surface area contributed by atoms with Crippen molar-refractivity contribution in [3.8, 4) is 0 Å². The van der Waals surface area contributed by atoms with E-state index in [4.69, 9.17) is 4.99 Å². The van der Waals surface area contributed by atoms with Crippen molar-refractivity contribution in [2.75, 3.05) is 52.9 Å². The van der Waals surface area contributed by atoms with Crippen molar-refractivity contribution >= 4 is 29.9 Å². The average Bonchev–Trinajstić information content (AvgIpc) is 2.70. The lowest BCUT2D eigenvalue weighted by Gasteiger charge is -2.37. The zero-order valence-electron chi connectivity index (χ0n) is 18.4. The first-order valence-electron chi connectivity index (χ1n) is 10.4. The highest BCUT2D eigenvalue weighted by atomic mass is 127. The van der Waals surface area contributed by atoms with E-state index < -0.39 is 11.7 Å². The maximum atomic E-state index is 12.7. The summed E-state index contributed by atoms with van der Waals surface area (Å²) in [4.78, 5) is 11.6. The molecule has 1 atom stereocenters. The second kappa shape index (κ2) is 12.7. The molecule has 0 spiro atoms. The maximum Gasteiger partial charge on any atom is 0.416 e. The van der Waals surface area contributed by atoms with Crippen molar-refractivity contribution in [2.45, 2.75) is 39.5 Å². The molecule has 0 saturated carbocycles. The molecule has 1 saturated heterocycles. The standard InChI is InChI=1S/C21H34F3N5.HI/c1-5-25-20(26-15-17(3)29-13-11-28(6-2)12-14-29)27(4)16-18-7-9-19(10-8-18)21(22,23)24;/h7-10,17H,5-6,11-16H2,1-4H3,(H,25,26);1H. The summed E-state index contributed by atoms with van der Waals surface area (Å²) in [5.74, 6) is 0.770. The molecule has 30 heavy (non-hydrogen) atoms. The summed E-state index contributed by atoms with van der Waals surface area (Å²) >= 11 is 0. The highest BCUT2D eigenvalue weighted by Crippen LogP contribution is 2.29. The molecule has 0 bridgehead atoms. The lowest BCUT2D eigenvalue weighted by atomic mass is 10.1. The first-order chi connectivity index (χ1) is 13.7. The van der Waals surface area contributed by atoms with Gasteiger partial charge in [-0.15, -0.1) is 24.0 Å². The SMILES string of the molecule is CCNC(=NCC(C)N1CCN(CC)CC1)N(C)Cc1ccc(C(F)(F)F)cc1.I. The van der Waals surface area contributed by atoms with E-state index in [1.165, 1.54) is 12.1 Å². The average molecular weight is 541 g/mol. The number of halogens is 4. The fraction of sp³-hybridized carbons (Fsp3) is 0.667. The van der Waals surface area contributed by atoms with Crippen LogP contribution in [0.15, 0.2) is 29.3 Å². The minimum Gasteiger partial charge on any atom is -0.357 e. The van der Waals surface area contributed by atoms with E-state index in [9.17, 15) is 13.2 Å². The third kappa shape index (κ3) is 8.22. The highest BCUT2D eigenvalue weighted by molar-refractivity contribution is 14.0. The number of benzene rings is 1. The number of hydrogen-bond acceptors (Lipinski definition) is 3. The van der Waals surface area contributed by atoms with Crippen molar-refractivity contribution in [3.05, 3.63) is 35.4 Å². The molecule has 0 aromatic heterocycles. The van der Waals surface area contributed by atoms with Crippen molar-refractivity contribution < 1.29 is 13.2 Å². The van der Waals surface area contributed by atoms with Gasteiger partial charge in [0.2, 0.25) is 0 Å². The Morgan fingerprint density at radius 3 is 2.23 bits per heavy atom. The Balaban J connectivity index is 0.00000450. The van der Waals surface area contributed by atoms with Crippen LogP contribution in [0.2, 0.25) is 0 Å². The summed E-state index contributed by atoms with van der Waals surface area (Å²) in [6, 6.07) is 5.66. The van der Waals surface area contributed by atoms with Gasteiger partial charge in [0.25, 0.3) is 0 Å². The molecule has 1 aromatic rings. The van der Waals surface area contributed by atoms with E-state index in [0.29, 0.717) is 19.1 Å². The third-order valence-corrected chi connectivity index (χ3v) is 5.38. The third-order valence-electron chi connectivity index (χ3n) is 5.38. The lowest BCUT2D eigenvalue weighted by molar-refractivity contribution is -0.137. The first kappa shape index (κ1) is 27.0. The molecule has 5 nitrogen and oxygen atoms in total. The Bertz CT molecular complexity index is 643. The molecule has 1 unspecified atom stereocenters. The summed E-state index contributed by atoms with van der Waals surface area (Å²) in [7, 11) is 1.91. The van der Waals surface area contributed by atoms with Crippen molar-refractivity contribution in [1.29, 1.82) is 0 Å². The van der Waals surface area contributed by atoms with E-state index in [0.717, 1.165) is 62.9 Å². The largest absolute Gasteiger partial charge is 0.416 e. The van der Waals surface area contributed by atoms with Crippen LogP contribution in [0.1, 0.15) is 31.9 Å². The number of rotatable bonds is 7. The van der Waals surface area contributed by atoms with Crippen LogP contribution < -0.4 is 5.32 Å². The van der Waals surface area contributed by atoms with Gasteiger partial charge in [0, 0.05) is 52.4 Å². The minimum atomic E-state index is -4.31. The molecular formula is C21H35F3IN5. The van der Waals surface area contributed by atoms with Gasteiger partial charge in [-0.1, -0.05) is 19.1 Å². The zero-order chi connectivity index (χ0) is 21.4. The summed E-state index contributed by atoms with van der Waals surface area (Å²) in [5, 5.41) is 3.28. The molecular weight excluding hydrogens is 506 g/mol. The molecule has 1 heterocycles. The van der Waals surface area contributed by atoms with E-state index in [1.807, 2.05) is 18.9 Å². The van der Waals surface area contributed by atoms with Crippen LogP contribution in [0.5, 0.6) is 0 Å². The molecule has 9 heteroatoms. The van der Waals surface area contributed by atoms with E-state index in [1.54, 1.807) is 0 Å². The van der Waals surface area contributed by atoms with Crippen molar-refractivity contribution in [1.82, 2.24) is 20.0 Å². The van der Waals surface area contributed by atoms with Gasteiger partial charge in [-0.3, -0.25) is 9.89 Å². The molecule has 0 radical (unpaired) electrons. The predicted octanol–water partition coefficient (Wildman–Crippen LogP) is 3.75. The molecule has 0 amide bonds. The number of aliphatic imine (C=N–C) groups is 1. The van der Waals surface area contributed by atoms with Gasteiger partial charge < -0.3 is 15.1 Å². The normalized spacial score (nSPS) is 17.4. The van der Waals surface area contributed by atoms with Crippen molar-refractivity contribution in [3.63, 3.8) is 0 Å². The van der Waals surface area contributed by atoms with Gasteiger partial charge in [-0.25, -0.2) is 0 Å². The molecule has 1 aliphatic heterocycles. The topological polar surface area (TPSA) is 34.1 Å². The first-order valence-corrected chi connectivity index (χ1v) is 10.4. The Labute approximate surface area is 195 Å². The van der Waals surface area contributed by atoms with Crippen LogP contribution in [0.25, 0.3) is 0 Å². The van der Waals surface area contributed by atoms with Crippen LogP contribution >= 0.6 is 24.0 Å². The van der Waals surface area contributed by atoms with Crippen LogP contribution in [0.4, 0.5) is 13.2 Å². The van der Waals surface area contributed by atoms with E-state index in [-0.39, 0.29) is 24.0 Å². The fourth-order valence-corrected chi connectivity index (χ4v) is 3.47. The second-order valence-electron chi connectivity index (χ2n) is 7.56. The molecule has 1 fully saturated rings. The predicted molar refractivity (Wildman–Crippen MR) is 127 cm³/mol. The van der Waals surface area contributed by atoms with Gasteiger partial charge in [-0.2, -0.15) is 13.2 Å². The maximum absolute atomic E-state index is 12.7. The number of likely N-dealkylation sites (N-methyl/N-ethyl adjacent to an activating group) is 1. The number of guanidine groups is 1. The van der Waals surface area contributed by atoms with Crippen LogP contribution in [-0.4, -0.2) is 79.6 Å². The fourth-order valence-electron chi connectivity index (χ4n) is 3.47. The summed E-state index contributed by atoms with van der Waals surface area (Å²) in [5.41, 5.74) is 0.191. The Kier molecular flexibility index (Phi) is 11.4. The monoisotopic (exact) mass is 541 g/mol. The molecule has 0 aliphatic carbocycles. The van der Waals surface area contributed by atoms with E-state index in [2.05, 4.69) is 29.0 Å². The van der Waals surface area contributed by atoms with Gasteiger partial charge in [0.05, 0.1) is 12.1 Å². The minimum absolute atomic E-state index is 0. The Hall–Kier alpha value is -1.07. The van der Waals surface area contributed by atoms with Gasteiger partial charge in [0.1, 0.15) is 0 Å². The van der Waals surface area contributed by atoms with Gasteiger partial charge in [0.15, 0.2) is 5.96 Å². The number of piperazine rings is 1. The number of hydrogen-bond donors (Lipinski definition) is 1. The van der Waals surface area contributed by atoms with E-state index >= 15 is 0 Å². The quantitative estimate of drug-likeness (QED) is 0.324. The second-order valence-corrected chi connectivity index (χ2v) is 7.56. The van der Waals surface area contributed by atoms with Crippen molar-refractivity contribution in [2.24, 2.45) is 4.99 Å². The molecule has 172 valence electrons. The zero-order valence-corrected chi connectivity index (χ0v) is 20.7. The number of nitrogens with zero attached hydrogens (tertiary/aromatic N) is 4. The number of alkyl halides is 3. The molecule has 1 aromatic carbocycles. The Morgan fingerprint density at radius 1 is 1.13 bits per heavy atom. The summed E-state index contributed by atoms with van der Waals surface area (Å²) in [6.07, 6.45) is -4.31. The summed E-state index contributed by atoms with van der Waals surface area (Å²) < 4.78 is 38.2. The van der Waals surface area contributed by atoms with Crippen LogP contribution in [0, 0.1) is 0 Å². The van der Waals surface area contributed by atoms with Gasteiger partial charge in [-0.05, 0) is 38.1 Å². The highest BCUT2D eigenvalue weighted by Gasteiger charge is 2.30. The van der Waals surface area contributed by atoms with Gasteiger partial charge >= 0.3 is 6.18 Å². The molecule has 1 N–H and O–H groups in total. The Morgan fingerprint density at radius 2 is 1.73 bits per heavy atom. The van der Waals surface area contributed by atoms with Crippen LogP contribution in [-0.2, 0) is 12.7 Å². The molecule has 1 aliphatic rings. The van der Waals surface area contributed by atoms with Crippen LogP contribution in [0.3, 0.4) is 0 Å². The summed E-state index contributed by atoms with van der Waals surface area (Å²) in [6.45, 7) is 13.7. The lowest BCUT2D eigenvalue weighted by Crippen LogP contribution is -2.50.